The van der Waals surface area contributed by atoms with Gasteiger partial charge >= 0.3 is 0 Å². The van der Waals surface area contributed by atoms with Gasteiger partial charge in [0.15, 0.2) is 23.0 Å². The van der Waals surface area contributed by atoms with Crippen molar-refractivity contribution in [1.82, 2.24) is 0 Å². The minimum Gasteiger partial charge on any atom is -0.493 e. The fraction of sp³-hybridized carbons (Fsp3) is 0.455. The second-order valence-corrected chi connectivity index (χ2v) is 7.48. The van der Waals surface area contributed by atoms with E-state index < -0.39 is 6.10 Å². The van der Waals surface area contributed by atoms with Crippen molar-refractivity contribution in [3.8, 4) is 28.7 Å². The lowest BCUT2D eigenvalue weighted by molar-refractivity contribution is -0.915. The van der Waals surface area contributed by atoms with Gasteiger partial charge in [-0.1, -0.05) is 6.07 Å². The first-order valence-electron chi connectivity index (χ1n) is 9.79. The molecular weight excluding hydrogens is 374 g/mol. The highest BCUT2D eigenvalue weighted by atomic mass is 16.7. The fourth-order valence-corrected chi connectivity index (χ4v) is 4.36. The van der Waals surface area contributed by atoms with Crippen LogP contribution >= 0.6 is 0 Å². The lowest BCUT2D eigenvalue weighted by Gasteiger charge is -2.34. The molecule has 0 saturated heterocycles. The third-order valence-electron chi connectivity index (χ3n) is 5.93. The zero-order chi connectivity index (χ0) is 20.5. The van der Waals surface area contributed by atoms with Crippen molar-refractivity contribution in [2.45, 2.75) is 25.0 Å². The molecule has 29 heavy (non-hydrogen) atoms. The number of aliphatic hydroxyl groups is 1. The van der Waals surface area contributed by atoms with Crippen molar-refractivity contribution in [2.75, 3.05) is 41.7 Å². The molecule has 2 N–H and O–H groups in total. The summed E-state index contributed by atoms with van der Waals surface area (Å²) in [4.78, 5) is 1.33. The molecule has 1 unspecified atom stereocenters. The molecular formula is C22H28NO6+. The number of rotatable bonds is 6. The van der Waals surface area contributed by atoms with E-state index in [-0.39, 0.29) is 12.8 Å². The van der Waals surface area contributed by atoms with Gasteiger partial charge < -0.3 is 33.7 Å². The first kappa shape index (κ1) is 19.7. The molecule has 0 aromatic heterocycles. The summed E-state index contributed by atoms with van der Waals surface area (Å²) < 4.78 is 27.7. The van der Waals surface area contributed by atoms with Gasteiger partial charge in [-0.3, -0.25) is 0 Å². The molecule has 2 aromatic rings. The molecule has 2 aliphatic heterocycles. The quantitative estimate of drug-likeness (QED) is 0.766. The fourth-order valence-electron chi connectivity index (χ4n) is 4.36. The van der Waals surface area contributed by atoms with Crippen LogP contribution in [0.5, 0.6) is 28.7 Å². The summed E-state index contributed by atoms with van der Waals surface area (Å²) in [5, 5.41) is 11.1. The molecule has 0 radical (unpaired) electrons. The van der Waals surface area contributed by atoms with Crippen LogP contribution in [-0.4, -0.2) is 46.8 Å². The normalized spacial score (nSPS) is 20.7. The van der Waals surface area contributed by atoms with E-state index in [4.69, 9.17) is 23.7 Å². The van der Waals surface area contributed by atoms with Crippen LogP contribution in [0.15, 0.2) is 24.3 Å². The van der Waals surface area contributed by atoms with Crippen molar-refractivity contribution in [2.24, 2.45) is 0 Å². The van der Waals surface area contributed by atoms with E-state index in [9.17, 15) is 5.11 Å². The molecule has 7 nitrogen and oxygen atoms in total. The summed E-state index contributed by atoms with van der Waals surface area (Å²) in [5.74, 6) is 3.36. The van der Waals surface area contributed by atoms with E-state index in [1.807, 2.05) is 18.2 Å². The number of aliphatic hydroxyl groups excluding tert-OH is 1. The summed E-state index contributed by atoms with van der Waals surface area (Å²) in [7, 11) is 7.00. The van der Waals surface area contributed by atoms with Crippen molar-refractivity contribution in [1.29, 1.82) is 0 Å². The number of hydrogen-bond donors (Lipinski definition) is 2. The van der Waals surface area contributed by atoms with E-state index in [2.05, 4.69) is 13.1 Å². The average molecular weight is 402 g/mol. The third-order valence-corrected chi connectivity index (χ3v) is 5.93. The minimum absolute atomic E-state index is 0.0614. The Morgan fingerprint density at radius 3 is 2.62 bits per heavy atom. The smallest absolute Gasteiger partial charge is 0.231 e. The molecule has 0 saturated carbocycles. The van der Waals surface area contributed by atoms with Gasteiger partial charge in [-0.25, -0.2) is 0 Å². The average Bonchev–Trinajstić information content (AvgIpc) is 3.21. The first-order chi connectivity index (χ1) is 14.1. The molecule has 7 heteroatoms. The van der Waals surface area contributed by atoms with E-state index in [1.54, 1.807) is 21.3 Å². The van der Waals surface area contributed by atoms with Gasteiger partial charge in [0.2, 0.25) is 12.5 Å². The van der Waals surface area contributed by atoms with Gasteiger partial charge in [0.25, 0.3) is 0 Å². The lowest BCUT2D eigenvalue weighted by Crippen LogP contribution is -3.10. The summed E-state index contributed by atoms with van der Waals surface area (Å²) in [6.07, 6.45) is 0.817. The number of ether oxygens (including phenoxy) is 5. The van der Waals surface area contributed by atoms with Crippen molar-refractivity contribution >= 4 is 0 Å². The number of fused-ring (bicyclic) bond motifs is 2. The maximum absolute atomic E-state index is 11.1. The molecule has 0 bridgehead atoms. The van der Waals surface area contributed by atoms with Crippen molar-refractivity contribution in [3.05, 3.63) is 41.0 Å². The molecule has 2 heterocycles. The SMILES string of the molecule is COc1ccc([C@@H](O)C[C@H]2c3c(cc4c(c3OC)OCO4)CC[NH+]2C)cc1OC. The summed E-state index contributed by atoms with van der Waals surface area (Å²) >= 11 is 0. The van der Waals surface area contributed by atoms with E-state index in [0.29, 0.717) is 23.7 Å². The van der Waals surface area contributed by atoms with Gasteiger partial charge in [0.05, 0.1) is 46.6 Å². The second-order valence-electron chi connectivity index (χ2n) is 7.48. The molecule has 2 aromatic carbocycles. The number of likely N-dealkylation sites (N-methyl/N-ethyl adjacent to an activating group) is 1. The molecule has 4 rings (SSSR count). The molecule has 0 amide bonds. The standard InChI is InChI=1S/C22H27NO6/c1-23-8-7-14-10-19-21(29-12-28-19)22(27-4)20(14)15(23)11-16(24)13-5-6-17(25-2)18(9-13)26-3/h5-6,9-10,15-16,24H,7-8,11-12H2,1-4H3/p+1/t15-,16-/m0/s1. The largest absolute Gasteiger partial charge is 0.493 e. The number of nitrogens with one attached hydrogen (secondary N) is 1. The molecule has 0 spiro atoms. The van der Waals surface area contributed by atoms with E-state index >= 15 is 0 Å². The number of methoxy groups -OCH3 is 3. The van der Waals surface area contributed by atoms with Crippen molar-refractivity contribution < 1.29 is 33.7 Å². The molecule has 0 aliphatic carbocycles. The minimum atomic E-state index is -0.657. The van der Waals surface area contributed by atoms with Crippen LogP contribution in [0.3, 0.4) is 0 Å². The third kappa shape index (κ3) is 3.45. The van der Waals surface area contributed by atoms with Crippen LogP contribution in [0, 0.1) is 0 Å². The number of quaternary nitrogens is 1. The van der Waals surface area contributed by atoms with Crippen LogP contribution in [0.25, 0.3) is 0 Å². The second kappa shape index (κ2) is 8.00. The molecule has 2 aliphatic rings. The summed E-state index contributed by atoms with van der Waals surface area (Å²) in [6.45, 7) is 1.18. The van der Waals surface area contributed by atoms with Crippen LogP contribution in [0.1, 0.15) is 35.3 Å². The van der Waals surface area contributed by atoms with Crippen LogP contribution < -0.4 is 28.6 Å². The van der Waals surface area contributed by atoms with Crippen LogP contribution in [-0.2, 0) is 6.42 Å². The highest BCUT2D eigenvalue weighted by Gasteiger charge is 2.37. The molecule has 0 fully saturated rings. The first-order valence-corrected chi connectivity index (χ1v) is 9.79. The maximum atomic E-state index is 11.1. The Balaban J connectivity index is 1.68. The maximum Gasteiger partial charge on any atom is 0.231 e. The van der Waals surface area contributed by atoms with Gasteiger partial charge in [-0.05, 0) is 29.3 Å². The van der Waals surface area contributed by atoms with Crippen LogP contribution in [0.2, 0.25) is 0 Å². The van der Waals surface area contributed by atoms with E-state index in [1.165, 1.54) is 10.5 Å². The Morgan fingerprint density at radius 1 is 1.10 bits per heavy atom. The van der Waals surface area contributed by atoms with E-state index in [0.717, 1.165) is 35.6 Å². The highest BCUT2D eigenvalue weighted by molar-refractivity contribution is 5.61. The summed E-state index contributed by atoms with van der Waals surface area (Å²) in [6, 6.07) is 7.65. The predicted molar refractivity (Wildman–Crippen MR) is 106 cm³/mol. The van der Waals surface area contributed by atoms with Gasteiger partial charge in [-0.2, -0.15) is 0 Å². The Bertz CT molecular complexity index is 899. The Labute approximate surface area is 170 Å². The summed E-state index contributed by atoms with van der Waals surface area (Å²) in [5.41, 5.74) is 3.09. The van der Waals surface area contributed by atoms with Gasteiger partial charge in [0, 0.05) is 12.8 Å². The Morgan fingerprint density at radius 2 is 1.90 bits per heavy atom. The van der Waals surface area contributed by atoms with Crippen molar-refractivity contribution in [3.63, 3.8) is 0 Å². The van der Waals surface area contributed by atoms with Crippen LogP contribution in [0.4, 0.5) is 0 Å². The zero-order valence-corrected chi connectivity index (χ0v) is 17.3. The Hall–Kier alpha value is -2.64. The molecule has 156 valence electrons. The highest BCUT2D eigenvalue weighted by Crippen LogP contribution is 2.48. The number of hydrogen-bond acceptors (Lipinski definition) is 6. The number of benzene rings is 2. The predicted octanol–water partition coefficient (Wildman–Crippen LogP) is 1.68. The van der Waals surface area contributed by atoms with Gasteiger partial charge in [-0.15, -0.1) is 0 Å². The topological polar surface area (TPSA) is 70.8 Å². The van der Waals surface area contributed by atoms with Gasteiger partial charge in [0.1, 0.15) is 6.04 Å². The lowest BCUT2D eigenvalue weighted by atomic mass is 9.87. The molecule has 3 atom stereocenters. The Kier molecular flexibility index (Phi) is 5.43. The monoisotopic (exact) mass is 402 g/mol. The zero-order valence-electron chi connectivity index (χ0n) is 17.3.